The molecular formula is C8H15N. The summed E-state index contributed by atoms with van der Waals surface area (Å²) in [6, 6.07) is 1.30. The summed E-state index contributed by atoms with van der Waals surface area (Å²) in [4.78, 5) is 0. The third kappa shape index (κ3) is 1.55. The van der Waals surface area contributed by atoms with Crippen LogP contribution >= 0.6 is 0 Å². The van der Waals surface area contributed by atoms with Gasteiger partial charge in [-0.15, -0.1) is 0 Å². The Kier molecular flexibility index (Phi) is 2.29. The molecule has 0 fully saturated rings. The largest absolute Gasteiger partial charge is 0.304 e. The molecule has 0 spiro atoms. The highest BCUT2D eigenvalue weighted by atomic mass is 15.0. The first-order valence-corrected chi connectivity index (χ1v) is 3.81. The van der Waals surface area contributed by atoms with Crippen LogP contribution in [0.2, 0.25) is 0 Å². The predicted molar refractivity (Wildman–Crippen MR) is 40.4 cm³/mol. The molecule has 9 heavy (non-hydrogen) atoms. The van der Waals surface area contributed by atoms with Gasteiger partial charge < -0.3 is 5.32 Å². The molecule has 1 aliphatic heterocycles. The minimum atomic E-state index is 0.648. The van der Waals surface area contributed by atoms with Gasteiger partial charge in [0, 0.05) is 12.1 Å². The van der Waals surface area contributed by atoms with E-state index < -0.39 is 0 Å². The maximum atomic E-state index is 3.48. The standard InChI is InChI=1S/C8H15N/c1-3-7-5-6-8(4-2)9-7/h5-9H,3-4H2,1-2H3. The fourth-order valence-electron chi connectivity index (χ4n) is 1.16. The van der Waals surface area contributed by atoms with Gasteiger partial charge in [0.1, 0.15) is 0 Å². The molecule has 0 aromatic heterocycles. The van der Waals surface area contributed by atoms with Crippen LogP contribution in [0.15, 0.2) is 12.2 Å². The van der Waals surface area contributed by atoms with Crippen molar-refractivity contribution in [3.63, 3.8) is 0 Å². The summed E-state index contributed by atoms with van der Waals surface area (Å²) in [7, 11) is 0. The van der Waals surface area contributed by atoms with Gasteiger partial charge in [-0.25, -0.2) is 0 Å². The average Bonchev–Trinajstić information content (AvgIpc) is 2.34. The minimum Gasteiger partial charge on any atom is -0.304 e. The van der Waals surface area contributed by atoms with Gasteiger partial charge in [-0.1, -0.05) is 26.0 Å². The Morgan fingerprint density at radius 3 is 1.78 bits per heavy atom. The fourth-order valence-corrected chi connectivity index (χ4v) is 1.16. The first kappa shape index (κ1) is 6.81. The first-order valence-electron chi connectivity index (χ1n) is 3.81. The van der Waals surface area contributed by atoms with Crippen LogP contribution in [0.1, 0.15) is 26.7 Å². The van der Waals surface area contributed by atoms with Gasteiger partial charge in [0.2, 0.25) is 0 Å². The molecule has 0 bridgehead atoms. The zero-order valence-corrected chi connectivity index (χ0v) is 6.22. The molecule has 2 atom stereocenters. The van der Waals surface area contributed by atoms with Gasteiger partial charge in [0.25, 0.3) is 0 Å². The number of nitrogens with one attached hydrogen (secondary N) is 1. The van der Waals surface area contributed by atoms with Crippen LogP contribution in [0.25, 0.3) is 0 Å². The topological polar surface area (TPSA) is 12.0 Å². The molecule has 1 aliphatic rings. The molecular weight excluding hydrogens is 110 g/mol. The molecule has 0 radical (unpaired) electrons. The van der Waals surface area contributed by atoms with Crippen LogP contribution in [0, 0.1) is 0 Å². The van der Waals surface area contributed by atoms with Crippen molar-refractivity contribution in [2.75, 3.05) is 0 Å². The summed E-state index contributed by atoms with van der Waals surface area (Å²) in [6.45, 7) is 4.42. The van der Waals surface area contributed by atoms with Crippen molar-refractivity contribution < 1.29 is 0 Å². The molecule has 0 saturated carbocycles. The first-order chi connectivity index (χ1) is 4.36. The van der Waals surface area contributed by atoms with Gasteiger partial charge in [-0.2, -0.15) is 0 Å². The Morgan fingerprint density at radius 2 is 1.56 bits per heavy atom. The molecule has 1 nitrogen and oxygen atoms in total. The highest BCUT2D eigenvalue weighted by Gasteiger charge is 2.12. The van der Waals surface area contributed by atoms with Crippen LogP contribution in [0.5, 0.6) is 0 Å². The lowest BCUT2D eigenvalue weighted by molar-refractivity contribution is 0.544. The Bertz CT molecular complexity index is 95.1. The van der Waals surface area contributed by atoms with Gasteiger partial charge >= 0.3 is 0 Å². The molecule has 0 aromatic rings. The second-order valence-corrected chi connectivity index (χ2v) is 2.58. The molecule has 1 heteroatoms. The van der Waals surface area contributed by atoms with E-state index >= 15 is 0 Å². The highest BCUT2D eigenvalue weighted by molar-refractivity contribution is 5.07. The quantitative estimate of drug-likeness (QED) is 0.554. The van der Waals surface area contributed by atoms with Crippen LogP contribution in [-0.4, -0.2) is 12.1 Å². The zero-order valence-electron chi connectivity index (χ0n) is 6.22. The monoisotopic (exact) mass is 125 g/mol. The fraction of sp³-hybridized carbons (Fsp3) is 0.750. The number of hydrogen-bond acceptors (Lipinski definition) is 1. The van der Waals surface area contributed by atoms with E-state index in [1.807, 2.05) is 0 Å². The Labute approximate surface area is 57.1 Å². The lowest BCUT2D eigenvalue weighted by Gasteiger charge is -2.09. The molecule has 2 unspecified atom stereocenters. The molecule has 52 valence electrons. The van der Waals surface area contributed by atoms with E-state index in [1.54, 1.807) is 0 Å². The number of hydrogen-bond donors (Lipinski definition) is 1. The van der Waals surface area contributed by atoms with Crippen molar-refractivity contribution in [3.8, 4) is 0 Å². The highest BCUT2D eigenvalue weighted by Crippen LogP contribution is 2.07. The van der Waals surface area contributed by atoms with E-state index in [9.17, 15) is 0 Å². The Balaban J connectivity index is 2.31. The lowest BCUT2D eigenvalue weighted by atomic mass is 10.2. The SMILES string of the molecule is CCC1C=CC(CC)N1. The van der Waals surface area contributed by atoms with Crippen LogP contribution in [0.4, 0.5) is 0 Å². The van der Waals surface area contributed by atoms with Crippen LogP contribution < -0.4 is 5.32 Å². The second kappa shape index (κ2) is 3.02. The maximum absolute atomic E-state index is 3.48. The van der Waals surface area contributed by atoms with E-state index in [4.69, 9.17) is 0 Å². The second-order valence-electron chi connectivity index (χ2n) is 2.58. The molecule has 0 aromatic carbocycles. The summed E-state index contributed by atoms with van der Waals surface area (Å²) in [6.07, 6.45) is 6.97. The zero-order chi connectivity index (χ0) is 6.69. The Morgan fingerprint density at radius 1 is 1.11 bits per heavy atom. The van der Waals surface area contributed by atoms with Gasteiger partial charge in [-0.05, 0) is 12.8 Å². The number of rotatable bonds is 2. The summed E-state index contributed by atoms with van der Waals surface area (Å²) < 4.78 is 0. The smallest absolute Gasteiger partial charge is 0.0253 e. The van der Waals surface area contributed by atoms with Crippen LogP contribution in [-0.2, 0) is 0 Å². The van der Waals surface area contributed by atoms with E-state index in [2.05, 4.69) is 31.3 Å². The van der Waals surface area contributed by atoms with E-state index in [-0.39, 0.29) is 0 Å². The van der Waals surface area contributed by atoms with Crippen molar-refractivity contribution in [1.29, 1.82) is 0 Å². The molecule has 1 heterocycles. The lowest BCUT2D eigenvalue weighted by Crippen LogP contribution is -2.29. The van der Waals surface area contributed by atoms with E-state index in [0.29, 0.717) is 12.1 Å². The van der Waals surface area contributed by atoms with Crippen molar-refractivity contribution >= 4 is 0 Å². The predicted octanol–water partition coefficient (Wildman–Crippen LogP) is 1.70. The average molecular weight is 125 g/mol. The summed E-state index contributed by atoms with van der Waals surface area (Å²) in [5.74, 6) is 0. The van der Waals surface area contributed by atoms with Crippen LogP contribution in [0.3, 0.4) is 0 Å². The molecule has 0 amide bonds. The van der Waals surface area contributed by atoms with E-state index in [0.717, 1.165) is 0 Å². The Hall–Kier alpha value is -0.300. The van der Waals surface area contributed by atoms with Crippen molar-refractivity contribution in [1.82, 2.24) is 5.32 Å². The van der Waals surface area contributed by atoms with Gasteiger partial charge in [0.15, 0.2) is 0 Å². The third-order valence-corrected chi connectivity index (χ3v) is 1.88. The minimum absolute atomic E-state index is 0.648. The molecule has 1 rings (SSSR count). The molecule has 0 aliphatic carbocycles. The summed E-state index contributed by atoms with van der Waals surface area (Å²) in [5, 5.41) is 3.48. The third-order valence-electron chi connectivity index (χ3n) is 1.88. The molecule has 1 N–H and O–H groups in total. The van der Waals surface area contributed by atoms with Crippen molar-refractivity contribution in [2.24, 2.45) is 0 Å². The van der Waals surface area contributed by atoms with E-state index in [1.165, 1.54) is 12.8 Å². The normalized spacial score (nSPS) is 33.6. The van der Waals surface area contributed by atoms with Gasteiger partial charge in [-0.3, -0.25) is 0 Å². The summed E-state index contributed by atoms with van der Waals surface area (Å²) in [5.41, 5.74) is 0. The maximum Gasteiger partial charge on any atom is 0.0253 e. The molecule has 0 saturated heterocycles. The summed E-state index contributed by atoms with van der Waals surface area (Å²) >= 11 is 0. The van der Waals surface area contributed by atoms with Gasteiger partial charge in [0.05, 0.1) is 0 Å². The van der Waals surface area contributed by atoms with Crippen molar-refractivity contribution in [3.05, 3.63) is 12.2 Å². The van der Waals surface area contributed by atoms with Crippen molar-refractivity contribution in [2.45, 2.75) is 38.8 Å².